The van der Waals surface area contributed by atoms with Crippen LogP contribution in [0.1, 0.15) is 61.7 Å². The van der Waals surface area contributed by atoms with Crippen LogP contribution in [-0.4, -0.2) is 61.2 Å². The maximum absolute atomic E-state index is 14.2. The van der Waals surface area contributed by atoms with Crippen molar-refractivity contribution < 1.29 is 44.7 Å². The van der Waals surface area contributed by atoms with Gasteiger partial charge in [-0.3, -0.25) is 14.4 Å². The Morgan fingerprint density at radius 3 is 2.44 bits per heavy atom. The molecule has 0 fully saturated rings. The zero-order valence-electron chi connectivity index (χ0n) is 24.6. The zero-order chi connectivity index (χ0) is 31.4. The van der Waals surface area contributed by atoms with E-state index in [-0.39, 0.29) is 11.3 Å². The van der Waals surface area contributed by atoms with Crippen molar-refractivity contribution in [2.45, 2.75) is 52.7 Å². The highest BCUT2D eigenvalue weighted by atomic mass is 16.5. The summed E-state index contributed by atoms with van der Waals surface area (Å²) in [7, 11) is 0. The Balaban J connectivity index is 1.74. The minimum absolute atomic E-state index is 0.162. The molecule has 5 N–H and O–H groups in total. The van der Waals surface area contributed by atoms with Gasteiger partial charge in [-0.05, 0) is 60.2 Å². The highest BCUT2D eigenvalue weighted by Crippen LogP contribution is 2.67. The lowest BCUT2D eigenvalue weighted by atomic mass is 9.42. The zero-order valence-corrected chi connectivity index (χ0v) is 24.6. The summed E-state index contributed by atoms with van der Waals surface area (Å²) in [6.07, 6.45) is 0.687. The second-order valence-corrected chi connectivity index (χ2v) is 12.7. The van der Waals surface area contributed by atoms with Gasteiger partial charge in [-0.25, -0.2) is 0 Å². The summed E-state index contributed by atoms with van der Waals surface area (Å²) >= 11 is 0. The first kappa shape index (κ1) is 28.9. The Hall–Kier alpha value is -4.21. The Bertz CT molecular complexity index is 1740. The number of hydrogen-bond acceptors (Lipinski definition) is 9. The molecular formula is C34H34O9. The number of aromatic hydroxyl groups is 1. The Morgan fingerprint density at radius 2 is 1.79 bits per heavy atom. The molecule has 0 bridgehead atoms. The van der Waals surface area contributed by atoms with Crippen molar-refractivity contribution in [1.29, 1.82) is 0 Å². The number of ketones is 3. The van der Waals surface area contributed by atoms with E-state index < -0.39 is 74.4 Å². The van der Waals surface area contributed by atoms with Crippen LogP contribution in [0.4, 0.5) is 0 Å². The average Bonchev–Trinajstić information content (AvgIpc) is 3.40. The molecule has 1 heterocycles. The van der Waals surface area contributed by atoms with E-state index in [1.54, 1.807) is 39.0 Å². The van der Waals surface area contributed by atoms with Crippen LogP contribution in [0.3, 0.4) is 0 Å². The number of phenolic OH excluding ortho intramolecular Hbond substituents is 1. The largest absolute Gasteiger partial charge is 0.511 e. The van der Waals surface area contributed by atoms with Crippen molar-refractivity contribution in [2.24, 2.45) is 22.7 Å². The van der Waals surface area contributed by atoms with Crippen LogP contribution in [-0.2, 0) is 16.0 Å². The number of allylic oxidation sites excluding steroid dienone is 1. The highest BCUT2D eigenvalue weighted by Gasteiger charge is 2.75. The molecule has 5 atom stereocenters. The molecule has 0 radical (unpaired) electrons. The van der Waals surface area contributed by atoms with E-state index in [0.29, 0.717) is 29.7 Å². The molecule has 2 aromatic rings. The summed E-state index contributed by atoms with van der Waals surface area (Å²) < 4.78 is 5.64. The topological polar surface area (TPSA) is 162 Å². The van der Waals surface area contributed by atoms with E-state index in [1.165, 1.54) is 13.0 Å². The van der Waals surface area contributed by atoms with E-state index >= 15 is 0 Å². The van der Waals surface area contributed by atoms with Crippen LogP contribution in [0.2, 0.25) is 0 Å². The number of aliphatic hydroxyl groups excluding tert-OH is 3. The predicted octanol–water partition coefficient (Wildman–Crippen LogP) is 4.25. The maximum atomic E-state index is 14.2. The fourth-order valence-corrected chi connectivity index (χ4v) is 8.17. The molecule has 9 heteroatoms. The van der Waals surface area contributed by atoms with E-state index in [0.717, 1.165) is 18.2 Å². The van der Waals surface area contributed by atoms with Crippen LogP contribution in [0, 0.1) is 22.7 Å². The van der Waals surface area contributed by atoms with Gasteiger partial charge in [0.1, 0.15) is 28.6 Å². The summed E-state index contributed by atoms with van der Waals surface area (Å²) in [4.78, 5) is 40.8. The third-order valence-corrected chi connectivity index (χ3v) is 10.1. The minimum Gasteiger partial charge on any atom is -0.511 e. The summed E-state index contributed by atoms with van der Waals surface area (Å²) in [5.74, 6) is -5.95. The number of benzene rings is 2. The quantitative estimate of drug-likeness (QED) is 0.331. The third-order valence-electron chi connectivity index (χ3n) is 10.1. The molecule has 9 nitrogen and oxygen atoms in total. The van der Waals surface area contributed by atoms with Crippen molar-refractivity contribution >= 4 is 29.0 Å². The summed E-state index contributed by atoms with van der Waals surface area (Å²) in [6, 6.07) is 10.1. The van der Waals surface area contributed by atoms with Crippen LogP contribution >= 0.6 is 0 Å². The van der Waals surface area contributed by atoms with Gasteiger partial charge < -0.3 is 30.3 Å². The molecule has 0 saturated heterocycles. The fraction of sp³-hybridized carbons (Fsp3) is 0.382. The number of Topliss-reactive ketones (excluding diaryl/α,β-unsaturated/α-hetero) is 3. The van der Waals surface area contributed by atoms with Crippen molar-refractivity contribution in [3.63, 3.8) is 0 Å². The first-order valence-electron chi connectivity index (χ1n) is 14.3. The molecular weight excluding hydrogens is 552 g/mol. The average molecular weight is 587 g/mol. The molecule has 4 aliphatic rings. The Labute approximate surface area is 248 Å². The molecule has 0 spiro atoms. The molecule has 224 valence electrons. The van der Waals surface area contributed by atoms with Gasteiger partial charge in [0, 0.05) is 17.8 Å². The van der Waals surface area contributed by atoms with Crippen molar-refractivity contribution in [3.8, 4) is 11.5 Å². The number of aliphatic hydroxyl groups is 4. The van der Waals surface area contributed by atoms with E-state index in [1.807, 2.05) is 18.2 Å². The minimum atomic E-state index is -2.95. The smallest absolute Gasteiger partial charge is 0.209 e. The van der Waals surface area contributed by atoms with Crippen LogP contribution < -0.4 is 4.74 Å². The molecule has 6 rings (SSSR count). The summed E-state index contributed by atoms with van der Waals surface area (Å²) in [6.45, 7) is 7.94. The van der Waals surface area contributed by atoms with Crippen LogP contribution in [0.5, 0.6) is 11.5 Å². The van der Waals surface area contributed by atoms with Gasteiger partial charge in [-0.1, -0.05) is 45.0 Å². The van der Waals surface area contributed by atoms with Crippen molar-refractivity contribution in [2.75, 3.05) is 6.61 Å². The highest BCUT2D eigenvalue weighted by molar-refractivity contribution is 6.26. The number of carbonyl (C=O) groups excluding carboxylic acids is 3. The lowest BCUT2D eigenvalue weighted by Gasteiger charge is -2.62. The summed E-state index contributed by atoms with van der Waals surface area (Å²) in [5, 5.41) is 59.1. The van der Waals surface area contributed by atoms with Gasteiger partial charge in [-0.2, -0.15) is 0 Å². The SMILES string of the molecule is CC(=O)C1=C(O)C(C(C)C)[C@@]2(C)[C@H](O)[C@]3(C)C(=C(O)[C@@]2(O)C1=O)C(=O)c1c(O)cccc1/C3=C\c1ccc2c(c1)CCO2. The molecule has 43 heavy (non-hydrogen) atoms. The van der Waals surface area contributed by atoms with Gasteiger partial charge in [0.15, 0.2) is 17.2 Å². The van der Waals surface area contributed by atoms with Crippen molar-refractivity contribution in [3.05, 3.63) is 81.3 Å². The molecule has 0 aromatic heterocycles. The Kier molecular flexibility index (Phi) is 6.14. The fourth-order valence-electron chi connectivity index (χ4n) is 8.17. The number of phenols is 1. The van der Waals surface area contributed by atoms with Crippen LogP contribution in [0.15, 0.2) is 59.1 Å². The normalized spacial score (nSPS) is 32.4. The van der Waals surface area contributed by atoms with Crippen molar-refractivity contribution in [1.82, 2.24) is 0 Å². The molecule has 0 saturated carbocycles. The second-order valence-electron chi connectivity index (χ2n) is 12.7. The lowest BCUT2D eigenvalue weighted by molar-refractivity contribution is -0.202. The number of carbonyl (C=O) groups is 3. The van der Waals surface area contributed by atoms with Gasteiger partial charge in [-0.15, -0.1) is 0 Å². The monoisotopic (exact) mass is 586 g/mol. The molecule has 1 unspecified atom stereocenters. The lowest BCUT2D eigenvalue weighted by Crippen LogP contribution is -2.73. The molecule has 0 amide bonds. The van der Waals surface area contributed by atoms with Gasteiger partial charge in [0.25, 0.3) is 0 Å². The number of hydrogen-bond donors (Lipinski definition) is 5. The number of fused-ring (bicyclic) bond motifs is 4. The standard InChI is InChI=1S/C34H34O9/c1-15(2)25-27(37)23(16(3)35)29(39)34(42)30(40)26-28(38)24-19(7-6-8-21(24)36)20(32(26,4)31(41)33(25,34)5)14-17-9-10-22-18(13-17)11-12-43-22/h6-10,13-15,25,31,36-37,40-42H,11-12H2,1-5H3/b20-14+/t25?,31-,32+,33+,34+/m1/s1. The predicted molar refractivity (Wildman–Crippen MR) is 156 cm³/mol. The van der Waals surface area contributed by atoms with Gasteiger partial charge in [0.05, 0.1) is 29.3 Å². The maximum Gasteiger partial charge on any atom is 0.209 e. The van der Waals surface area contributed by atoms with Gasteiger partial charge in [0.2, 0.25) is 5.78 Å². The van der Waals surface area contributed by atoms with E-state index in [2.05, 4.69) is 0 Å². The van der Waals surface area contributed by atoms with Crippen LogP contribution in [0.25, 0.3) is 11.6 Å². The first-order chi connectivity index (χ1) is 20.1. The third kappa shape index (κ3) is 3.37. The van der Waals surface area contributed by atoms with E-state index in [9.17, 15) is 39.9 Å². The first-order valence-corrected chi connectivity index (χ1v) is 14.3. The number of ether oxygens (including phenoxy) is 1. The van der Waals surface area contributed by atoms with Gasteiger partial charge >= 0.3 is 0 Å². The molecule has 3 aliphatic carbocycles. The molecule has 2 aromatic carbocycles. The summed E-state index contributed by atoms with van der Waals surface area (Å²) in [5.41, 5.74) is -5.70. The number of rotatable bonds is 3. The van der Waals surface area contributed by atoms with E-state index in [4.69, 9.17) is 4.74 Å². The molecule has 1 aliphatic heterocycles. The second kappa shape index (κ2) is 9.14. The Morgan fingerprint density at radius 1 is 1.09 bits per heavy atom.